The third kappa shape index (κ3) is 4.17. The number of carbonyl (C=O) groups excluding carboxylic acids is 1. The van der Waals surface area contributed by atoms with Crippen LogP contribution in [0.25, 0.3) is 0 Å². The molecule has 2 N–H and O–H groups in total. The SMILES string of the molecule is O=C(N[C@@H]1CCN(Cc2ccc3c(c2)OCCO3)C[C@H]1O)c1cnccn1. The highest BCUT2D eigenvalue weighted by molar-refractivity contribution is 5.92. The number of hydrogen-bond donors (Lipinski definition) is 2. The molecule has 1 fully saturated rings. The summed E-state index contributed by atoms with van der Waals surface area (Å²) < 4.78 is 11.2. The zero-order chi connectivity index (χ0) is 18.6. The summed E-state index contributed by atoms with van der Waals surface area (Å²) in [5.74, 6) is 1.23. The molecule has 0 bridgehead atoms. The average Bonchev–Trinajstić information content (AvgIpc) is 2.70. The molecule has 0 aliphatic carbocycles. The molecule has 8 nitrogen and oxygen atoms in total. The smallest absolute Gasteiger partial charge is 0.271 e. The Morgan fingerprint density at radius 1 is 1.26 bits per heavy atom. The summed E-state index contributed by atoms with van der Waals surface area (Å²) in [6.45, 7) is 3.10. The molecule has 0 radical (unpaired) electrons. The van der Waals surface area contributed by atoms with Crippen LogP contribution >= 0.6 is 0 Å². The van der Waals surface area contributed by atoms with E-state index in [1.165, 1.54) is 18.6 Å². The first kappa shape index (κ1) is 17.7. The molecule has 2 aliphatic rings. The number of aromatic nitrogens is 2. The molecular weight excluding hydrogens is 348 g/mol. The number of nitrogens with one attached hydrogen (secondary N) is 1. The first-order valence-corrected chi connectivity index (χ1v) is 9.05. The number of carbonyl (C=O) groups is 1. The number of piperidine rings is 1. The van der Waals surface area contributed by atoms with E-state index in [9.17, 15) is 9.90 Å². The van der Waals surface area contributed by atoms with E-state index >= 15 is 0 Å². The summed E-state index contributed by atoms with van der Waals surface area (Å²) in [5.41, 5.74) is 1.36. The topological polar surface area (TPSA) is 96.8 Å². The average molecular weight is 370 g/mol. The molecular formula is C19H22N4O4. The lowest BCUT2D eigenvalue weighted by Crippen LogP contribution is -2.53. The van der Waals surface area contributed by atoms with Crippen molar-refractivity contribution in [1.82, 2.24) is 20.2 Å². The van der Waals surface area contributed by atoms with Crippen molar-refractivity contribution < 1.29 is 19.4 Å². The summed E-state index contributed by atoms with van der Waals surface area (Å²) in [6, 6.07) is 5.63. The monoisotopic (exact) mass is 370 g/mol. The lowest BCUT2D eigenvalue weighted by molar-refractivity contribution is 0.0348. The van der Waals surface area contributed by atoms with Crippen LogP contribution in [0.3, 0.4) is 0 Å². The minimum absolute atomic E-state index is 0.253. The van der Waals surface area contributed by atoms with Gasteiger partial charge in [0.25, 0.3) is 5.91 Å². The summed E-state index contributed by atoms with van der Waals surface area (Å²) in [7, 11) is 0. The van der Waals surface area contributed by atoms with Gasteiger partial charge in [-0.05, 0) is 24.1 Å². The van der Waals surface area contributed by atoms with Crippen molar-refractivity contribution in [3.05, 3.63) is 48.0 Å². The van der Waals surface area contributed by atoms with Gasteiger partial charge in [-0.2, -0.15) is 0 Å². The van der Waals surface area contributed by atoms with E-state index in [4.69, 9.17) is 9.47 Å². The van der Waals surface area contributed by atoms with Crippen LogP contribution in [0.5, 0.6) is 11.5 Å². The second-order valence-electron chi connectivity index (χ2n) is 6.74. The molecule has 1 aromatic heterocycles. The Hall–Kier alpha value is -2.71. The zero-order valence-corrected chi connectivity index (χ0v) is 14.9. The van der Waals surface area contributed by atoms with Crippen molar-refractivity contribution >= 4 is 5.91 Å². The normalized spacial score (nSPS) is 22.3. The summed E-state index contributed by atoms with van der Waals surface area (Å²) in [4.78, 5) is 22.3. The van der Waals surface area contributed by atoms with Gasteiger partial charge in [-0.15, -0.1) is 0 Å². The van der Waals surface area contributed by atoms with Crippen LogP contribution in [0.2, 0.25) is 0 Å². The maximum atomic E-state index is 12.2. The number of aliphatic hydroxyl groups is 1. The van der Waals surface area contributed by atoms with Gasteiger partial charge in [-0.25, -0.2) is 4.98 Å². The predicted octanol–water partition coefficient (Wildman–Crippen LogP) is 0.613. The van der Waals surface area contributed by atoms with E-state index in [-0.39, 0.29) is 17.6 Å². The largest absolute Gasteiger partial charge is 0.486 e. The fourth-order valence-electron chi connectivity index (χ4n) is 3.41. The molecule has 1 aromatic carbocycles. The van der Waals surface area contributed by atoms with Crippen molar-refractivity contribution in [1.29, 1.82) is 0 Å². The Morgan fingerprint density at radius 2 is 2.11 bits per heavy atom. The highest BCUT2D eigenvalue weighted by Crippen LogP contribution is 2.31. The first-order valence-electron chi connectivity index (χ1n) is 9.05. The Morgan fingerprint density at radius 3 is 2.89 bits per heavy atom. The van der Waals surface area contributed by atoms with Crippen LogP contribution in [-0.4, -0.2) is 64.3 Å². The zero-order valence-electron chi connectivity index (χ0n) is 14.9. The lowest BCUT2D eigenvalue weighted by Gasteiger charge is -2.36. The number of rotatable bonds is 4. The molecule has 142 valence electrons. The number of nitrogens with zero attached hydrogens (tertiary/aromatic N) is 3. The minimum Gasteiger partial charge on any atom is -0.486 e. The van der Waals surface area contributed by atoms with Gasteiger partial charge in [0.15, 0.2) is 11.5 Å². The van der Waals surface area contributed by atoms with Gasteiger partial charge in [-0.1, -0.05) is 6.07 Å². The van der Waals surface area contributed by atoms with Gasteiger partial charge in [0, 0.05) is 32.0 Å². The standard InChI is InChI=1S/C19H22N4O4/c24-16-12-23(11-13-1-2-17-18(9-13)27-8-7-26-17)6-3-14(16)22-19(25)15-10-20-4-5-21-15/h1-2,4-5,9-10,14,16,24H,3,6-8,11-12H2,(H,22,25)/t14-,16-/m1/s1. The molecule has 2 atom stereocenters. The fourth-order valence-corrected chi connectivity index (χ4v) is 3.41. The van der Waals surface area contributed by atoms with Crippen molar-refractivity contribution in [3.63, 3.8) is 0 Å². The highest BCUT2D eigenvalue weighted by atomic mass is 16.6. The molecule has 0 unspecified atom stereocenters. The van der Waals surface area contributed by atoms with Crippen LogP contribution in [-0.2, 0) is 6.54 Å². The first-order chi connectivity index (χ1) is 13.2. The molecule has 3 heterocycles. The molecule has 1 saturated heterocycles. The molecule has 1 amide bonds. The van der Waals surface area contributed by atoms with Gasteiger partial charge in [0.1, 0.15) is 18.9 Å². The van der Waals surface area contributed by atoms with Gasteiger partial charge in [0.05, 0.1) is 18.3 Å². The van der Waals surface area contributed by atoms with E-state index in [0.717, 1.165) is 23.6 Å². The van der Waals surface area contributed by atoms with Crippen LogP contribution < -0.4 is 14.8 Å². The molecule has 27 heavy (non-hydrogen) atoms. The Kier molecular flexibility index (Phi) is 5.17. The predicted molar refractivity (Wildman–Crippen MR) is 96.6 cm³/mol. The second kappa shape index (κ2) is 7.89. The second-order valence-corrected chi connectivity index (χ2v) is 6.74. The lowest BCUT2D eigenvalue weighted by atomic mass is 10.0. The third-order valence-corrected chi connectivity index (χ3v) is 4.79. The van der Waals surface area contributed by atoms with Crippen LogP contribution in [0.1, 0.15) is 22.5 Å². The quantitative estimate of drug-likeness (QED) is 0.814. The van der Waals surface area contributed by atoms with Gasteiger partial charge in [-0.3, -0.25) is 14.7 Å². The van der Waals surface area contributed by atoms with Crippen molar-refractivity contribution in [2.24, 2.45) is 0 Å². The maximum Gasteiger partial charge on any atom is 0.271 e. The number of hydrogen-bond acceptors (Lipinski definition) is 7. The summed E-state index contributed by atoms with van der Waals surface area (Å²) in [5, 5.41) is 13.3. The Bertz CT molecular complexity index is 802. The molecule has 2 aromatic rings. The summed E-state index contributed by atoms with van der Waals surface area (Å²) in [6.07, 6.45) is 4.43. The van der Waals surface area contributed by atoms with Crippen molar-refractivity contribution in [2.75, 3.05) is 26.3 Å². The van der Waals surface area contributed by atoms with Crippen LogP contribution in [0, 0.1) is 0 Å². The number of likely N-dealkylation sites (tertiary alicyclic amines) is 1. The van der Waals surface area contributed by atoms with Gasteiger partial charge in [0.2, 0.25) is 0 Å². The number of β-amino-alcohol motifs (C(OH)–C–C–N with tert-alkyl or cyclic N) is 1. The number of aliphatic hydroxyl groups excluding tert-OH is 1. The molecule has 0 spiro atoms. The fraction of sp³-hybridized carbons (Fsp3) is 0.421. The maximum absolute atomic E-state index is 12.2. The van der Waals surface area contributed by atoms with Crippen molar-refractivity contribution in [3.8, 4) is 11.5 Å². The molecule has 0 saturated carbocycles. The van der Waals surface area contributed by atoms with E-state index in [1.807, 2.05) is 18.2 Å². The number of benzene rings is 1. The molecule has 4 rings (SSSR count). The van der Waals surface area contributed by atoms with E-state index < -0.39 is 6.10 Å². The van der Waals surface area contributed by atoms with Crippen LogP contribution in [0.4, 0.5) is 0 Å². The highest BCUT2D eigenvalue weighted by Gasteiger charge is 2.29. The number of amides is 1. The van der Waals surface area contributed by atoms with E-state index in [2.05, 4.69) is 20.2 Å². The molecule has 2 aliphatic heterocycles. The minimum atomic E-state index is -0.642. The van der Waals surface area contributed by atoms with E-state index in [1.54, 1.807) is 0 Å². The number of ether oxygens (including phenoxy) is 2. The third-order valence-electron chi connectivity index (χ3n) is 4.79. The summed E-state index contributed by atoms with van der Waals surface area (Å²) >= 11 is 0. The number of fused-ring (bicyclic) bond motifs is 1. The van der Waals surface area contributed by atoms with E-state index in [0.29, 0.717) is 32.7 Å². The van der Waals surface area contributed by atoms with Gasteiger partial charge >= 0.3 is 0 Å². The Labute approximate surface area is 157 Å². The Balaban J connectivity index is 1.33. The molecule has 8 heteroatoms. The van der Waals surface area contributed by atoms with Crippen molar-refractivity contribution in [2.45, 2.75) is 25.1 Å². The van der Waals surface area contributed by atoms with Crippen LogP contribution in [0.15, 0.2) is 36.8 Å². The van der Waals surface area contributed by atoms with Gasteiger partial charge < -0.3 is 19.9 Å².